The lowest BCUT2D eigenvalue weighted by atomic mass is 10.2. The Bertz CT molecular complexity index is 1260. The van der Waals surface area contributed by atoms with Crippen molar-refractivity contribution in [3.8, 4) is 11.5 Å². The van der Waals surface area contributed by atoms with Crippen LogP contribution in [0, 0.1) is 11.6 Å². The summed E-state index contributed by atoms with van der Waals surface area (Å²) in [6.45, 7) is 6.86. The maximum Gasteiger partial charge on any atom is 0.424 e. The SMILES string of the molecule is CCOP(=O)(CN(C(=O)OC(C)(C)C)S(=O)(=O)c1cc2c(F)c(OCCCl)c(OCCCl)c(F)c2s1)OCC. The second-order valence-corrected chi connectivity index (χ2v) is 14.5. The van der Waals surface area contributed by atoms with E-state index in [4.69, 9.17) is 46.5 Å². The van der Waals surface area contributed by atoms with E-state index >= 15 is 8.78 Å². The molecule has 0 aliphatic rings. The lowest BCUT2D eigenvalue weighted by molar-refractivity contribution is 0.0399. The normalized spacial score (nSPS) is 12.5. The number of fused-ring (bicyclic) bond motifs is 1. The summed E-state index contributed by atoms with van der Waals surface area (Å²) in [5, 5.41) is -0.458. The zero-order valence-corrected chi connectivity index (χ0v) is 26.0. The van der Waals surface area contributed by atoms with Gasteiger partial charge in [-0.25, -0.2) is 13.6 Å². The third kappa shape index (κ3) is 8.31. The molecular weight excluding hydrogens is 626 g/mol. The number of carbonyl (C=O) groups excluding carboxylic acids is 1. The summed E-state index contributed by atoms with van der Waals surface area (Å²) >= 11 is 11.6. The van der Waals surface area contributed by atoms with Gasteiger partial charge in [0.05, 0.1) is 29.7 Å². The Hall–Kier alpha value is -1.41. The molecule has 0 saturated heterocycles. The monoisotopic (exact) mass is 655 g/mol. The molecule has 0 saturated carbocycles. The van der Waals surface area contributed by atoms with E-state index in [2.05, 4.69) is 0 Å². The van der Waals surface area contributed by atoms with Gasteiger partial charge in [-0.1, -0.05) is 0 Å². The molecule has 0 aliphatic heterocycles. The topological polar surface area (TPSA) is 118 Å². The highest BCUT2D eigenvalue weighted by molar-refractivity contribution is 7.92. The molecule has 0 unspecified atom stereocenters. The molecule has 1 heterocycles. The molecule has 0 spiro atoms. The Labute approximate surface area is 240 Å². The van der Waals surface area contributed by atoms with Gasteiger partial charge in [0.1, 0.15) is 29.3 Å². The number of amides is 1. The molecule has 2 aromatic rings. The zero-order valence-electron chi connectivity index (χ0n) is 21.9. The van der Waals surface area contributed by atoms with Gasteiger partial charge in [0.25, 0.3) is 10.0 Å². The largest absolute Gasteiger partial charge is 0.486 e. The number of thiophene rings is 1. The molecular formula is C22H30Cl2F2NO9PS2. The Morgan fingerprint density at radius 3 is 2.00 bits per heavy atom. The van der Waals surface area contributed by atoms with Crippen LogP contribution >= 0.6 is 42.1 Å². The van der Waals surface area contributed by atoms with Crippen molar-refractivity contribution >= 4 is 68.3 Å². The van der Waals surface area contributed by atoms with Crippen molar-refractivity contribution in [3.63, 3.8) is 0 Å². The minimum atomic E-state index is -4.91. The predicted octanol–water partition coefficient (Wildman–Crippen LogP) is 6.56. The van der Waals surface area contributed by atoms with Gasteiger partial charge in [-0.05, 0) is 40.7 Å². The van der Waals surface area contributed by atoms with E-state index in [-0.39, 0.29) is 42.5 Å². The summed E-state index contributed by atoms with van der Waals surface area (Å²) in [5.74, 6) is -3.56. The number of hydrogen-bond acceptors (Lipinski definition) is 10. The molecule has 222 valence electrons. The zero-order chi connectivity index (χ0) is 29.6. The lowest BCUT2D eigenvalue weighted by Crippen LogP contribution is -2.41. The van der Waals surface area contributed by atoms with Crippen LogP contribution in [0.5, 0.6) is 11.5 Å². The standard InChI is InChI=1S/C22H30Cl2F2NO9PS2/c1-6-34-37(29,35-7-2)13-27(21(28)36-22(3,4)5)39(30,31)15-12-14-16(25)18(32-10-8-23)19(33-11-9-24)17(26)20(14)38-15/h12H,6-11,13H2,1-5H3. The predicted molar refractivity (Wildman–Crippen MR) is 145 cm³/mol. The van der Waals surface area contributed by atoms with Crippen molar-refractivity contribution in [2.24, 2.45) is 0 Å². The molecule has 0 N–H and O–H groups in total. The first-order chi connectivity index (χ1) is 18.2. The van der Waals surface area contributed by atoms with E-state index in [0.717, 1.165) is 6.07 Å². The summed E-state index contributed by atoms with van der Waals surface area (Å²) in [6.07, 6.45) is -2.43. The number of hydrogen-bond donors (Lipinski definition) is 0. The van der Waals surface area contributed by atoms with Crippen molar-refractivity contribution in [1.29, 1.82) is 0 Å². The number of halogens is 4. The molecule has 17 heteroatoms. The third-order valence-electron chi connectivity index (χ3n) is 4.49. The van der Waals surface area contributed by atoms with E-state index in [1.807, 2.05) is 0 Å². The molecule has 39 heavy (non-hydrogen) atoms. The summed E-state index contributed by atoms with van der Waals surface area (Å²) in [4.78, 5) is 13.0. The quantitative estimate of drug-likeness (QED) is 0.165. The highest BCUT2D eigenvalue weighted by atomic mass is 35.5. The number of sulfonamides is 1. The van der Waals surface area contributed by atoms with E-state index in [9.17, 15) is 17.8 Å². The fourth-order valence-electron chi connectivity index (χ4n) is 3.11. The average molecular weight is 656 g/mol. The molecule has 0 radical (unpaired) electrons. The lowest BCUT2D eigenvalue weighted by Gasteiger charge is -2.28. The number of carbonyl (C=O) groups is 1. The van der Waals surface area contributed by atoms with Gasteiger partial charge in [-0.15, -0.1) is 34.5 Å². The molecule has 2 rings (SSSR count). The minimum Gasteiger partial charge on any atom is -0.486 e. The summed E-state index contributed by atoms with van der Waals surface area (Å²) in [5.41, 5.74) is -1.15. The first-order valence-corrected chi connectivity index (χ1v) is 16.7. The van der Waals surface area contributed by atoms with Crippen molar-refractivity contribution in [2.45, 2.75) is 44.4 Å². The number of rotatable bonds is 14. The van der Waals surface area contributed by atoms with Crippen LogP contribution in [0.25, 0.3) is 10.1 Å². The summed E-state index contributed by atoms with van der Waals surface area (Å²) in [6, 6.07) is 0.830. The van der Waals surface area contributed by atoms with E-state index < -0.39 is 73.0 Å². The van der Waals surface area contributed by atoms with E-state index in [1.165, 1.54) is 34.6 Å². The van der Waals surface area contributed by atoms with Gasteiger partial charge in [-0.2, -0.15) is 12.7 Å². The van der Waals surface area contributed by atoms with Gasteiger partial charge in [-0.3, -0.25) is 4.57 Å². The van der Waals surface area contributed by atoms with Crippen molar-refractivity contribution in [2.75, 3.05) is 44.5 Å². The second-order valence-electron chi connectivity index (χ2n) is 8.59. The van der Waals surface area contributed by atoms with Gasteiger partial charge in [0.2, 0.25) is 11.5 Å². The Balaban J connectivity index is 2.74. The highest BCUT2D eigenvalue weighted by Crippen LogP contribution is 2.50. The molecule has 1 aromatic heterocycles. The van der Waals surface area contributed by atoms with Crippen LogP contribution in [-0.4, -0.2) is 68.9 Å². The van der Waals surface area contributed by atoms with Crippen LogP contribution in [0.2, 0.25) is 0 Å². The molecule has 0 bridgehead atoms. The van der Waals surface area contributed by atoms with Crippen molar-refractivity contribution in [1.82, 2.24) is 4.31 Å². The minimum absolute atomic E-state index is 0.0529. The van der Waals surface area contributed by atoms with Gasteiger partial charge in [0, 0.05) is 5.39 Å². The Kier molecular flexibility index (Phi) is 12.1. The molecule has 1 amide bonds. The van der Waals surface area contributed by atoms with Crippen LogP contribution in [0.1, 0.15) is 34.6 Å². The summed E-state index contributed by atoms with van der Waals surface area (Å²) in [7, 11) is -9.08. The van der Waals surface area contributed by atoms with Crippen LogP contribution in [0.15, 0.2) is 10.3 Å². The van der Waals surface area contributed by atoms with Crippen LogP contribution in [0.4, 0.5) is 13.6 Å². The van der Waals surface area contributed by atoms with Crippen LogP contribution < -0.4 is 9.47 Å². The first kappa shape index (κ1) is 33.8. The second kappa shape index (κ2) is 14.0. The van der Waals surface area contributed by atoms with E-state index in [1.54, 1.807) is 0 Å². The summed E-state index contributed by atoms with van der Waals surface area (Å²) < 4.78 is 96.7. The molecule has 1 aromatic carbocycles. The van der Waals surface area contributed by atoms with E-state index in [0.29, 0.717) is 11.3 Å². The molecule has 0 fully saturated rings. The fraction of sp³-hybridized carbons (Fsp3) is 0.591. The van der Waals surface area contributed by atoms with Crippen LogP contribution in [-0.2, 0) is 28.4 Å². The van der Waals surface area contributed by atoms with Crippen molar-refractivity contribution < 1.29 is 49.8 Å². The fourth-order valence-corrected chi connectivity index (χ4v) is 8.23. The Morgan fingerprint density at radius 2 is 1.54 bits per heavy atom. The van der Waals surface area contributed by atoms with Gasteiger partial charge in [0.15, 0.2) is 11.6 Å². The number of alkyl halides is 2. The first-order valence-electron chi connectivity index (χ1n) is 11.6. The maximum absolute atomic E-state index is 15.5. The number of ether oxygens (including phenoxy) is 3. The molecule has 0 atom stereocenters. The number of nitrogens with zero attached hydrogens (tertiary/aromatic N) is 1. The average Bonchev–Trinajstić information content (AvgIpc) is 3.29. The smallest absolute Gasteiger partial charge is 0.424 e. The van der Waals surface area contributed by atoms with Crippen LogP contribution in [0.3, 0.4) is 0 Å². The van der Waals surface area contributed by atoms with Crippen molar-refractivity contribution in [3.05, 3.63) is 17.7 Å². The highest BCUT2D eigenvalue weighted by Gasteiger charge is 2.41. The van der Waals surface area contributed by atoms with Gasteiger partial charge < -0.3 is 23.3 Å². The molecule has 0 aliphatic carbocycles. The third-order valence-corrected chi connectivity index (χ3v) is 10.2. The molecule has 10 nitrogen and oxygen atoms in total. The Morgan fingerprint density at radius 1 is 1.03 bits per heavy atom. The maximum atomic E-state index is 15.5. The van der Waals surface area contributed by atoms with Gasteiger partial charge >= 0.3 is 13.7 Å². The number of benzene rings is 1.